The second kappa shape index (κ2) is 5.49. The van der Waals surface area contributed by atoms with Crippen LogP contribution in [-0.4, -0.2) is 12.6 Å². The highest BCUT2D eigenvalue weighted by molar-refractivity contribution is 9.13. The Morgan fingerprint density at radius 2 is 2.15 bits per heavy atom. The van der Waals surface area contributed by atoms with Gasteiger partial charge in [-0.2, -0.15) is 0 Å². The molecule has 0 saturated carbocycles. The third kappa shape index (κ3) is 4.11. The topological polar surface area (TPSA) is 12.0 Å². The molecule has 13 heavy (non-hydrogen) atoms. The molecule has 74 valence electrons. The Labute approximate surface area is 100 Å². The van der Waals surface area contributed by atoms with Gasteiger partial charge < -0.3 is 5.32 Å². The molecule has 1 aromatic heterocycles. The van der Waals surface area contributed by atoms with Crippen LogP contribution in [-0.2, 0) is 6.42 Å². The summed E-state index contributed by atoms with van der Waals surface area (Å²) in [6.07, 6.45) is 1.10. The first kappa shape index (κ1) is 11.7. The molecule has 1 nitrogen and oxygen atoms in total. The van der Waals surface area contributed by atoms with E-state index in [1.165, 1.54) is 8.66 Å². The third-order valence-electron chi connectivity index (χ3n) is 1.62. The van der Waals surface area contributed by atoms with E-state index in [1.807, 2.05) is 0 Å². The van der Waals surface area contributed by atoms with Crippen molar-refractivity contribution >= 4 is 43.2 Å². The van der Waals surface area contributed by atoms with E-state index in [2.05, 4.69) is 57.1 Å². The first-order chi connectivity index (χ1) is 6.09. The van der Waals surface area contributed by atoms with Crippen molar-refractivity contribution in [3.05, 3.63) is 19.2 Å². The number of thiophene rings is 1. The molecule has 0 aliphatic carbocycles. The lowest BCUT2D eigenvalue weighted by atomic mass is 10.3. The van der Waals surface area contributed by atoms with Crippen LogP contribution < -0.4 is 5.32 Å². The lowest BCUT2D eigenvalue weighted by molar-refractivity contribution is 0.592. The SMILES string of the molecule is CC(C)NCCc1cc(Br)c(Br)s1. The van der Waals surface area contributed by atoms with E-state index >= 15 is 0 Å². The number of hydrogen-bond acceptors (Lipinski definition) is 2. The Hall–Kier alpha value is 0.620. The molecule has 0 atom stereocenters. The number of nitrogens with one attached hydrogen (secondary N) is 1. The molecule has 0 fully saturated rings. The molecule has 1 aromatic rings. The zero-order chi connectivity index (χ0) is 9.84. The average molecular weight is 327 g/mol. The quantitative estimate of drug-likeness (QED) is 0.887. The summed E-state index contributed by atoms with van der Waals surface area (Å²) in [5.74, 6) is 0. The van der Waals surface area contributed by atoms with E-state index in [-0.39, 0.29) is 0 Å². The average Bonchev–Trinajstić information content (AvgIpc) is 2.30. The molecule has 1 N–H and O–H groups in total. The van der Waals surface area contributed by atoms with Crippen LogP contribution in [0.3, 0.4) is 0 Å². The lowest BCUT2D eigenvalue weighted by Crippen LogP contribution is -2.24. The lowest BCUT2D eigenvalue weighted by Gasteiger charge is -2.05. The summed E-state index contributed by atoms with van der Waals surface area (Å²) in [7, 11) is 0. The Bertz CT molecular complexity index is 251. The van der Waals surface area contributed by atoms with Crippen LogP contribution in [0, 0.1) is 0 Å². The largest absolute Gasteiger partial charge is 0.314 e. The maximum atomic E-state index is 3.49. The summed E-state index contributed by atoms with van der Waals surface area (Å²) in [6.45, 7) is 5.39. The van der Waals surface area contributed by atoms with E-state index in [1.54, 1.807) is 11.3 Å². The van der Waals surface area contributed by atoms with Crippen LogP contribution >= 0.6 is 43.2 Å². The number of hydrogen-bond donors (Lipinski definition) is 1. The first-order valence-corrected chi connectivity index (χ1v) is 6.67. The molecular weight excluding hydrogens is 314 g/mol. The van der Waals surface area contributed by atoms with Gasteiger partial charge in [0.25, 0.3) is 0 Å². The van der Waals surface area contributed by atoms with Gasteiger partial charge in [0.05, 0.1) is 3.79 Å². The van der Waals surface area contributed by atoms with E-state index in [4.69, 9.17) is 0 Å². The van der Waals surface area contributed by atoms with Gasteiger partial charge in [0.2, 0.25) is 0 Å². The van der Waals surface area contributed by atoms with Gasteiger partial charge in [0.1, 0.15) is 0 Å². The Morgan fingerprint density at radius 3 is 2.62 bits per heavy atom. The summed E-state index contributed by atoms with van der Waals surface area (Å²) in [5, 5.41) is 3.40. The molecule has 0 spiro atoms. The second-order valence-corrected chi connectivity index (χ2v) is 6.50. The summed E-state index contributed by atoms with van der Waals surface area (Å²) in [6, 6.07) is 2.75. The molecule has 0 aromatic carbocycles. The first-order valence-electron chi connectivity index (χ1n) is 4.26. The van der Waals surface area contributed by atoms with Crippen molar-refractivity contribution in [2.24, 2.45) is 0 Å². The maximum absolute atomic E-state index is 3.49. The predicted molar refractivity (Wildman–Crippen MR) is 66.6 cm³/mol. The van der Waals surface area contributed by atoms with E-state index in [0.29, 0.717) is 6.04 Å². The van der Waals surface area contributed by atoms with Gasteiger partial charge in [-0.25, -0.2) is 0 Å². The molecule has 0 aliphatic heterocycles. The van der Waals surface area contributed by atoms with Gasteiger partial charge in [-0.15, -0.1) is 11.3 Å². The van der Waals surface area contributed by atoms with Crippen molar-refractivity contribution in [3.63, 3.8) is 0 Å². The van der Waals surface area contributed by atoms with Gasteiger partial charge >= 0.3 is 0 Å². The fraction of sp³-hybridized carbons (Fsp3) is 0.556. The van der Waals surface area contributed by atoms with Gasteiger partial charge in [-0.1, -0.05) is 13.8 Å². The van der Waals surface area contributed by atoms with Gasteiger partial charge in [-0.3, -0.25) is 0 Å². The molecule has 0 radical (unpaired) electrons. The minimum Gasteiger partial charge on any atom is -0.314 e. The van der Waals surface area contributed by atoms with E-state index in [0.717, 1.165) is 17.4 Å². The van der Waals surface area contributed by atoms with Gasteiger partial charge in [0, 0.05) is 21.9 Å². The van der Waals surface area contributed by atoms with Crippen molar-refractivity contribution < 1.29 is 0 Å². The van der Waals surface area contributed by atoms with Gasteiger partial charge in [0.15, 0.2) is 0 Å². The highest BCUT2D eigenvalue weighted by Crippen LogP contribution is 2.32. The second-order valence-electron chi connectivity index (χ2n) is 3.19. The molecule has 0 unspecified atom stereocenters. The zero-order valence-corrected chi connectivity index (χ0v) is 11.7. The number of halogens is 2. The van der Waals surface area contributed by atoms with Crippen LogP contribution in [0.4, 0.5) is 0 Å². The Kier molecular flexibility index (Phi) is 4.94. The summed E-state index contributed by atoms with van der Waals surface area (Å²) < 4.78 is 2.35. The molecule has 0 bridgehead atoms. The maximum Gasteiger partial charge on any atom is 0.0843 e. The summed E-state index contributed by atoms with van der Waals surface area (Å²) in [4.78, 5) is 1.41. The Balaban J connectivity index is 2.37. The minimum absolute atomic E-state index is 0.576. The molecule has 0 saturated heterocycles. The fourth-order valence-electron chi connectivity index (χ4n) is 0.999. The summed E-state index contributed by atoms with van der Waals surface area (Å²) >= 11 is 8.76. The minimum atomic E-state index is 0.576. The van der Waals surface area contributed by atoms with E-state index in [9.17, 15) is 0 Å². The molecule has 0 aliphatic rings. The van der Waals surface area contributed by atoms with Gasteiger partial charge in [-0.05, 0) is 44.3 Å². The molecule has 4 heteroatoms. The third-order valence-corrected chi connectivity index (χ3v) is 4.94. The van der Waals surface area contributed by atoms with Crippen molar-refractivity contribution in [2.45, 2.75) is 26.3 Å². The number of rotatable bonds is 4. The van der Waals surface area contributed by atoms with Crippen molar-refractivity contribution in [1.82, 2.24) is 5.32 Å². The van der Waals surface area contributed by atoms with Crippen LogP contribution in [0.25, 0.3) is 0 Å². The molecule has 1 rings (SSSR count). The normalized spacial score (nSPS) is 11.2. The van der Waals surface area contributed by atoms with Crippen LogP contribution in [0.2, 0.25) is 0 Å². The standard InChI is InChI=1S/C9H13Br2NS/c1-6(2)12-4-3-7-5-8(10)9(11)13-7/h5-6,12H,3-4H2,1-2H3. The monoisotopic (exact) mass is 325 g/mol. The van der Waals surface area contributed by atoms with E-state index < -0.39 is 0 Å². The van der Waals surface area contributed by atoms with Crippen molar-refractivity contribution in [2.75, 3.05) is 6.54 Å². The smallest absolute Gasteiger partial charge is 0.0843 e. The van der Waals surface area contributed by atoms with Crippen LogP contribution in [0.5, 0.6) is 0 Å². The van der Waals surface area contributed by atoms with Crippen LogP contribution in [0.1, 0.15) is 18.7 Å². The zero-order valence-electron chi connectivity index (χ0n) is 7.73. The highest BCUT2D eigenvalue weighted by atomic mass is 79.9. The predicted octanol–water partition coefficient (Wildman–Crippen LogP) is 3.81. The molecule has 1 heterocycles. The van der Waals surface area contributed by atoms with Crippen molar-refractivity contribution in [3.8, 4) is 0 Å². The highest BCUT2D eigenvalue weighted by Gasteiger charge is 2.03. The molecular formula is C9H13Br2NS. The van der Waals surface area contributed by atoms with Crippen LogP contribution in [0.15, 0.2) is 14.3 Å². The van der Waals surface area contributed by atoms with Crippen molar-refractivity contribution in [1.29, 1.82) is 0 Å². The summed E-state index contributed by atoms with van der Waals surface area (Å²) in [5.41, 5.74) is 0. The fourth-order valence-corrected chi connectivity index (χ4v) is 3.18. The Morgan fingerprint density at radius 1 is 1.46 bits per heavy atom. The molecule has 0 amide bonds.